The maximum Gasteiger partial charge on any atom is 0.270 e. The van der Waals surface area contributed by atoms with E-state index in [0.29, 0.717) is 26.5 Å². The molecule has 0 saturated heterocycles. The summed E-state index contributed by atoms with van der Waals surface area (Å²) in [4.78, 5) is 26.6. The summed E-state index contributed by atoms with van der Waals surface area (Å²) >= 11 is 1.16. The standard InChI is InChI=1S/C15H8N4O3S/c16-8-9-1-3-10(4-2-9)14(20)18-15-17-12-6-5-11(19(21)22)7-13(12)23-15/h1-7H,(H,17,18,20). The lowest BCUT2D eigenvalue weighted by Crippen LogP contribution is -2.11. The SMILES string of the molecule is N#Cc1ccc(C(=O)Nc2nc3ccc([N+](=O)[O-])cc3s2)cc1. The van der Waals surface area contributed by atoms with Crippen LogP contribution in [-0.2, 0) is 0 Å². The van der Waals surface area contributed by atoms with Gasteiger partial charge in [0.1, 0.15) is 0 Å². The number of hydrogen-bond acceptors (Lipinski definition) is 6. The number of nitrogens with zero attached hydrogens (tertiary/aromatic N) is 3. The lowest BCUT2D eigenvalue weighted by Gasteiger charge is -2.01. The smallest absolute Gasteiger partial charge is 0.270 e. The summed E-state index contributed by atoms with van der Waals surface area (Å²) < 4.78 is 0.620. The van der Waals surface area contributed by atoms with Crippen LogP contribution < -0.4 is 5.32 Å². The van der Waals surface area contributed by atoms with E-state index in [2.05, 4.69) is 10.3 Å². The minimum Gasteiger partial charge on any atom is -0.298 e. The average molecular weight is 324 g/mol. The van der Waals surface area contributed by atoms with Gasteiger partial charge in [-0.3, -0.25) is 20.2 Å². The Bertz CT molecular complexity index is 957. The zero-order valence-electron chi connectivity index (χ0n) is 11.5. The number of carbonyl (C=O) groups is 1. The van der Waals surface area contributed by atoms with Gasteiger partial charge in [-0.25, -0.2) is 4.98 Å². The highest BCUT2D eigenvalue weighted by Crippen LogP contribution is 2.29. The third-order valence-electron chi connectivity index (χ3n) is 3.08. The summed E-state index contributed by atoms with van der Waals surface area (Å²) in [5, 5.41) is 22.5. The van der Waals surface area contributed by atoms with Crippen LogP contribution in [0.4, 0.5) is 10.8 Å². The van der Waals surface area contributed by atoms with Crippen molar-refractivity contribution >= 4 is 38.3 Å². The van der Waals surface area contributed by atoms with Crippen LogP contribution in [-0.4, -0.2) is 15.8 Å². The number of thiazole rings is 1. The zero-order valence-corrected chi connectivity index (χ0v) is 12.3. The highest BCUT2D eigenvalue weighted by Gasteiger charge is 2.13. The molecule has 1 amide bonds. The number of anilines is 1. The third kappa shape index (κ3) is 3.00. The number of non-ortho nitro benzene ring substituents is 1. The summed E-state index contributed by atoms with van der Waals surface area (Å²) in [6.45, 7) is 0. The molecule has 0 saturated carbocycles. The lowest BCUT2D eigenvalue weighted by atomic mass is 10.1. The lowest BCUT2D eigenvalue weighted by molar-refractivity contribution is -0.384. The van der Waals surface area contributed by atoms with Gasteiger partial charge in [-0.05, 0) is 30.3 Å². The van der Waals surface area contributed by atoms with Crippen LogP contribution in [0.2, 0.25) is 0 Å². The number of amides is 1. The van der Waals surface area contributed by atoms with E-state index in [1.165, 1.54) is 12.1 Å². The minimum atomic E-state index is -0.478. The molecule has 1 aromatic heterocycles. The molecule has 0 bridgehead atoms. The van der Waals surface area contributed by atoms with E-state index in [0.717, 1.165) is 11.3 Å². The van der Waals surface area contributed by atoms with Gasteiger partial charge in [-0.15, -0.1) is 0 Å². The number of carbonyl (C=O) groups excluding carboxylic acids is 1. The molecule has 0 aliphatic rings. The molecule has 0 spiro atoms. The Balaban J connectivity index is 1.84. The second kappa shape index (κ2) is 5.82. The predicted octanol–water partition coefficient (Wildman–Crippen LogP) is 3.33. The molecule has 0 aliphatic heterocycles. The van der Waals surface area contributed by atoms with E-state index in [1.807, 2.05) is 6.07 Å². The van der Waals surface area contributed by atoms with Crippen molar-refractivity contribution in [1.82, 2.24) is 4.98 Å². The molecule has 23 heavy (non-hydrogen) atoms. The van der Waals surface area contributed by atoms with Crippen LogP contribution in [0.3, 0.4) is 0 Å². The first-order valence-corrected chi connectivity index (χ1v) is 7.25. The number of benzene rings is 2. The van der Waals surface area contributed by atoms with Gasteiger partial charge < -0.3 is 0 Å². The molecule has 112 valence electrons. The molecule has 0 radical (unpaired) electrons. The molecule has 0 atom stereocenters. The molecule has 3 aromatic rings. The second-order valence-corrected chi connectivity index (χ2v) is 5.60. The van der Waals surface area contributed by atoms with Crippen LogP contribution >= 0.6 is 11.3 Å². The van der Waals surface area contributed by atoms with Crippen LogP contribution in [0.1, 0.15) is 15.9 Å². The van der Waals surface area contributed by atoms with Crippen molar-refractivity contribution in [1.29, 1.82) is 5.26 Å². The number of fused-ring (bicyclic) bond motifs is 1. The number of aromatic nitrogens is 1. The van der Waals surface area contributed by atoms with Crippen molar-refractivity contribution in [2.45, 2.75) is 0 Å². The van der Waals surface area contributed by atoms with E-state index in [9.17, 15) is 14.9 Å². The Morgan fingerprint density at radius 1 is 1.26 bits per heavy atom. The number of nitro benzene ring substituents is 1. The highest BCUT2D eigenvalue weighted by atomic mass is 32.1. The number of nitrogens with one attached hydrogen (secondary N) is 1. The number of rotatable bonds is 3. The summed E-state index contributed by atoms with van der Waals surface area (Å²) in [5.74, 6) is -0.358. The van der Waals surface area contributed by atoms with Crippen molar-refractivity contribution in [2.75, 3.05) is 5.32 Å². The number of nitriles is 1. The largest absolute Gasteiger partial charge is 0.298 e. The highest BCUT2D eigenvalue weighted by molar-refractivity contribution is 7.22. The maximum atomic E-state index is 12.1. The maximum absolute atomic E-state index is 12.1. The molecule has 0 unspecified atom stereocenters. The van der Waals surface area contributed by atoms with Gasteiger partial charge in [0.2, 0.25) is 0 Å². The third-order valence-corrected chi connectivity index (χ3v) is 4.01. The fourth-order valence-corrected chi connectivity index (χ4v) is 2.84. The summed E-state index contributed by atoms with van der Waals surface area (Å²) in [6.07, 6.45) is 0. The predicted molar refractivity (Wildman–Crippen MR) is 85.4 cm³/mol. The Morgan fingerprint density at radius 2 is 2.00 bits per heavy atom. The first kappa shape index (κ1) is 14.6. The zero-order chi connectivity index (χ0) is 16.4. The van der Waals surface area contributed by atoms with Gasteiger partial charge in [0.15, 0.2) is 5.13 Å². The fraction of sp³-hybridized carbons (Fsp3) is 0. The van der Waals surface area contributed by atoms with E-state index in [4.69, 9.17) is 5.26 Å². The Kier molecular flexibility index (Phi) is 3.70. The molecular weight excluding hydrogens is 316 g/mol. The molecule has 1 N–H and O–H groups in total. The molecule has 1 heterocycles. The first-order valence-electron chi connectivity index (χ1n) is 6.43. The van der Waals surface area contributed by atoms with Crippen LogP contribution in [0.5, 0.6) is 0 Å². The van der Waals surface area contributed by atoms with Gasteiger partial charge >= 0.3 is 0 Å². The van der Waals surface area contributed by atoms with Gasteiger partial charge in [0.25, 0.3) is 11.6 Å². The van der Waals surface area contributed by atoms with Crippen LogP contribution in [0.25, 0.3) is 10.2 Å². The monoisotopic (exact) mass is 324 g/mol. The topological polar surface area (TPSA) is 109 Å². The van der Waals surface area contributed by atoms with Crippen molar-refractivity contribution in [2.24, 2.45) is 0 Å². The molecule has 7 nitrogen and oxygen atoms in total. The molecule has 8 heteroatoms. The van der Waals surface area contributed by atoms with E-state index in [1.54, 1.807) is 30.3 Å². The number of hydrogen-bond donors (Lipinski definition) is 1. The van der Waals surface area contributed by atoms with Crippen LogP contribution in [0, 0.1) is 21.4 Å². The fourth-order valence-electron chi connectivity index (χ4n) is 1.95. The Morgan fingerprint density at radius 3 is 2.65 bits per heavy atom. The summed E-state index contributed by atoms with van der Waals surface area (Å²) in [6, 6.07) is 12.5. The summed E-state index contributed by atoms with van der Waals surface area (Å²) in [7, 11) is 0. The van der Waals surface area contributed by atoms with E-state index >= 15 is 0 Å². The Hall–Kier alpha value is -3.31. The average Bonchev–Trinajstić information content (AvgIpc) is 2.96. The van der Waals surface area contributed by atoms with E-state index in [-0.39, 0.29) is 11.6 Å². The van der Waals surface area contributed by atoms with Crippen molar-refractivity contribution in [3.05, 3.63) is 63.7 Å². The van der Waals surface area contributed by atoms with Crippen molar-refractivity contribution < 1.29 is 9.72 Å². The minimum absolute atomic E-state index is 0.0221. The van der Waals surface area contributed by atoms with E-state index < -0.39 is 4.92 Å². The van der Waals surface area contributed by atoms with Gasteiger partial charge in [-0.2, -0.15) is 5.26 Å². The first-order chi connectivity index (χ1) is 11.1. The quantitative estimate of drug-likeness (QED) is 0.587. The van der Waals surface area contributed by atoms with Gasteiger partial charge in [0, 0.05) is 17.7 Å². The molecule has 2 aromatic carbocycles. The van der Waals surface area contributed by atoms with Gasteiger partial charge in [-0.1, -0.05) is 11.3 Å². The summed E-state index contributed by atoms with van der Waals surface area (Å²) in [5.41, 5.74) is 1.42. The normalized spacial score (nSPS) is 10.2. The molecular formula is C15H8N4O3S. The molecule has 0 aliphatic carbocycles. The van der Waals surface area contributed by atoms with Crippen molar-refractivity contribution in [3.8, 4) is 6.07 Å². The Labute approximate surface area is 134 Å². The molecule has 0 fully saturated rings. The number of nitro groups is 1. The van der Waals surface area contributed by atoms with Crippen molar-refractivity contribution in [3.63, 3.8) is 0 Å². The molecule has 3 rings (SSSR count). The second-order valence-electron chi connectivity index (χ2n) is 4.57. The van der Waals surface area contributed by atoms with Crippen LogP contribution in [0.15, 0.2) is 42.5 Å². The van der Waals surface area contributed by atoms with Gasteiger partial charge in [0.05, 0.1) is 26.8 Å².